The molecule has 1 heterocycles. The van der Waals surface area contributed by atoms with Gasteiger partial charge in [0.15, 0.2) is 6.10 Å². The van der Waals surface area contributed by atoms with Crippen LogP contribution in [0.4, 0.5) is 5.69 Å². The zero-order chi connectivity index (χ0) is 15.2. The van der Waals surface area contributed by atoms with E-state index in [-0.39, 0.29) is 18.3 Å². The molecule has 1 unspecified atom stereocenters. The Morgan fingerprint density at radius 1 is 1.24 bits per heavy atom. The van der Waals surface area contributed by atoms with E-state index in [9.17, 15) is 9.59 Å². The number of esters is 1. The van der Waals surface area contributed by atoms with Gasteiger partial charge in [-0.1, -0.05) is 12.1 Å². The number of anilines is 1. The number of carbonyl (C=O) groups excluding carboxylic acids is 2. The van der Waals surface area contributed by atoms with Crippen LogP contribution in [0.25, 0.3) is 0 Å². The van der Waals surface area contributed by atoms with E-state index in [1.165, 1.54) is 0 Å². The Labute approximate surface area is 125 Å². The third-order valence-electron chi connectivity index (χ3n) is 3.67. The van der Waals surface area contributed by atoms with Gasteiger partial charge in [0.25, 0.3) is 5.91 Å². The van der Waals surface area contributed by atoms with Crippen LogP contribution in [0.2, 0.25) is 0 Å². The molecule has 1 fully saturated rings. The first-order valence-electron chi connectivity index (χ1n) is 7.39. The molecule has 2 N–H and O–H groups in total. The van der Waals surface area contributed by atoms with Gasteiger partial charge in [-0.15, -0.1) is 0 Å². The Morgan fingerprint density at radius 3 is 2.48 bits per heavy atom. The van der Waals surface area contributed by atoms with Crippen LogP contribution in [0.1, 0.15) is 31.7 Å². The predicted molar refractivity (Wildman–Crippen MR) is 80.5 cm³/mol. The van der Waals surface area contributed by atoms with Gasteiger partial charge in [0.1, 0.15) is 0 Å². The van der Waals surface area contributed by atoms with Crippen molar-refractivity contribution >= 4 is 17.6 Å². The number of hydrogen-bond acceptors (Lipinski definition) is 4. The Kier molecular flexibility index (Phi) is 5.20. The number of likely N-dealkylation sites (tertiary alicyclic amines) is 1. The fraction of sp³-hybridized carbons (Fsp3) is 0.500. The van der Waals surface area contributed by atoms with Crippen LogP contribution in [0.15, 0.2) is 24.3 Å². The first kappa shape index (κ1) is 15.4. The average molecular weight is 290 g/mol. The van der Waals surface area contributed by atoms with Crippen molar-refractivity contribution in [1.29, 1.82) is 0 Å². The number of benzene rings is 1. The lowest BCUT2D eigenvalue weighted by Crippen LogP contribution is -2.38. The molecule has 0 spiro atoms. The zero-order valence-corrected chi connectivity index (χ0v) is 12.4. The van der Waals surface area contributed by atoms with Gasteiger partial charge in [0.05, 0.1) is 0 Å². The lowest BCUT2D eigenvalue weighted by atomic mass is 10.1. The number of nitrogens with zero attached hydrogens (tertiary/aromatic N) is 1. The minimum atomic E-state index is -0.693. The van der Waals surface area contributed by atoms with Crippen LogP contribution < -0.4 is 5.73 Å². The molecule has 1 aliphatic rings. The second kappa shape index (κ2) is 7.11. The van der Waals surface area contributed by atoms with Crippen molar-refractivity contribution in [2.45, 2.75) is 38.7 Å². The Bertz CT molecular complexity index is 493. The summed E-state index contributed by atoms with van der Waals surface area (Å²) in [6.07, 6.45) is 2.22. The minimum absolute atomic E-state index is 0.0895. The van der Waals surface area contributed by atoms with E-state index in [4.69, 9.17) is 10.5 Å². The summed E-state index contributed by atoms with van der Waals surface area (Å²) >= 11 is 0. The molecule has 1 aromatic carbocycles. The SMILES string of the molecule is CC(OC(=O)CCc1ccc(N)cc1)C(=O)N1CCCC1. The molecule has 1 aliphatic heterocycles. The van der Waals surface area contributed by atoms with E-state index in [1.54, 1.807) is 24.0 Å². The Morgan fingerprint density at radius 2 is 1.86 bits per heavy atom. The number of nitrogens with two attached hydrogens (primary N) is 1. The van der Waals surface area contributed by atoms with Crippen molar-refractivity contribution < 1.29 is 14.3 Å². The van der Waals surface area contributed by atoms with Gasteiger partial charge in [-0.25, -0.2) is 0 Å². The van der Waals surface area contributed by atoms with Crippen molar-refractivity contribution in [1.82, 2.24) is 4.90 Å². The van der Waals surface area contributed by atoms with E-state index in [1.807, 2.05) is 12.1 Å². The number of nitrogen functional groups attached to an aromatic ring is 1. The fourth-order valence-corrected chi connectivity index (χ4v) is 2.43. The third kappa shape index (κ3) is 4.48. The van der Waals surface area contributed by atoms with Crippen molar-refractivity contribution in [2.75, 3.05) is 18.8 Å². The lowest BCUT2D eigenvalue weighted by Gasteiger charge is -2.20. The highest BCUT2D eigenvalue weighted by Crippen LogP contribution is 2.12. The maximum atomic E-state index is 12.0. The quantitative estimate of drug-likeness (QED) is 0.662. The molecular formula is C16H22N2O3. The summed E-state index contributed by atoms with van der Waals surface area (Å²) in [5.41, 5.74) is 7.34. The molecule has 0 aliphatic carbocycles. The molecular weight excluding hydrogens is 268 g/mol. The number of aryl methyl sites for hydroxylation is 1. The first-order chi connectivity index (χ1) is 10.1. The summed E-state index contributed by atoms with van der Waals surface area (Å²) < 4.78 is 5.22. The number of ether oxygens (including phenoxy) is 1. The van der Waals surface area contributed by atoms with Crippen molar-refractivity contribution in [3.8, 4) is 0 Å². The van der Waals surface area contributed by atoms with E-state index in [0.29, 0.717) is 12.1 Å². The molecule has 0 saturated carbocycles. The summed E-state index contributed by atoms with van der Waals surface area (Å²) in [4.78, 5) is 25.6. The van der Waals surface area contributed by atoms with Gasteiger partial charge < -0.3 is 15.4 Å². The van der Waals surface area contributed by atoms with Crippen molar-refractivity contribution in [3.63, 3.8) is 0 Å². The second-order valence-electron chi connectivity index (χ2n) is 5.41. The number of carbonyl (C=O) groups is 2. The van der Waals surface area contributed by atoms with Gasteiger partial charge in [0, 0.05) is 25.2 Å². The summed E-state index contributed by atoms with van der Waals surface area (Å²) in [6.45, 7) is 3.18. The molecule has 1 saturated heterocycles. The van der Waals surface area contributed by atoms with E-state index >= 15 is 0 Å². The molecule has 0 radical (unpaired) electrons. The molecule has 0 aromatic heterocycles. The number of hydrogen-bond donors (Lipinski definition) is 1. The standard InChI is InChI=1S/C16H22N2O3/c1-12(16(20)18-10-2-3-11-18)21-15(19)9-6-13-4-7-14(17)8-5-13/h4-5,7-8,12H,2-3,6,9-11,17H2,1H3. The molecule has 5 nitrogen and oxygen atoms in total. The number of amides is 1. The van der Waals surface area contributed by atoms with Gasteiger partial charge >= 0.3 is 5.97 Å². The third-order valence-corrected chi connectivity index (χ3v) is 3.67. The molecule has 2 rings (SSSR count). The smallest absolute Gasteiger partial charge is 0.306 e. The normalized spacial score (nSPS) is 15.8. The van der Waals surface area contributed by atoms with Crippen LogP contribution in [0.5, 0.6) is 0 Å². The fourth-order valence-electron chi connectivity index (χ4n) is 2.43. The van der Waals surface area contributed by atoms with Crippen molar-refractivity contribution in [3.05, 3.63) is 29.8 Å². The monoisotopic (exact) mass is 290 g/mol. The second-order valence-corrected chi connectivity index (χ2v) is 5.41. The average Bonchev–Trinajstić information content (AvgIpc) is 3.00. The first-order valence-corrected chi connectivity index (χ1v) is 7.39. The van der Waals surface area contributed by atoms with Crippen LogP contribution in [-0.4, -0.2) is 36.0 Å². The molecule has 114 valence electrons. The van der Waals surface area contributed by atoms with Gasteiger partial charge in [-0.05, 0) is 43.9 Å². The topological polar surface area (TPSA) is 72.6 Å². The summed E-state index contributed by atoms with van der Waals surface area (Å²) in [5.74, 6) is -0.430. The van der Waals surface area contributed by atoms with E-state index in [2.05, 4.69) is 0 Å². The van der Waals surface area contributed by atoms with Crippen LogP contribution >= 0.6 is 0 Å². The van der Waals surface area contributed by atoms with E-state index in [0.717, 1.165) is 31.5 Å². The molecule has 21 heavy (non-hydrogen) atoms. The lowest BCUT2D eigenvalue weighted by molar-refractivity contribution is -0.158. The summed E-state index contributed by atoms with van der Waals surface area (Å²) in [6, 6.07) is 7.39. The highest BCUT2D eigenvalue weighted by Gasteiger charge is 2.25. The molecule has 1 atom stereocenters. The van der Waals surface area contributed by atoms with Gasteiger partial charge in [0.2, 0.25) is 0 Å². The van der Waals surface area contributed by atoms with Crippen LogP contribution in [-0.2, 0) is 20.7 Å². The maximum absolute atomic E-state index is 12.0. The van der Waals surface area contributed by atoms with Crippen molar-refractivity contribution in [2.24, 2.45) is 0 Å². The molecule has 1 amide bonds. The predicted octanol–water partition coefficient (Wildman–Crippen LogP) is 1.76. The maximum Gasteiger partial charge on any atom is 0.306 e. The Balaban J connectivity index is 1.75. The van der Waals surface area contributed by atoms with Gasteiger partial charge in [-0.3, -0.25) is 9.59 Å². The summed E-state index contributed by atoms with van der Waals surface area (Å²) in [7, 11) is 0. The number of rotatable bonds is 5. The van der Waals surface area contributed by atoms with Gasteiger partial charge in [-0.2, -0.15) is 0 Å². The van der Waals surface area contributed by atoms with Crippen LogP contribution in [0, 0.1) is 0 Å². The molecule has 0 bridgehead atoms. The molecule has 5 heteroatoms. The highest BCUT2D eigenvalue weighted by molar-refractivity contribution is 5.83. The highest BCUT2D eigenvalue weighted by atomic mass is 16.5. The van der Waals surface area contributed by atoms with E-state index < -0.39 is 6.10 Å². The zero-order valence-electron chi connectivity index (χ0n) is 12.4. The summed E-state index contributed by atoms with van der Waals surface area (Å²) in [5, 5.41) is 0. The van der Waals surface area contributed by atoms with Crippen LogP contribution in [0.3, 0.4) is 0 Å². The molecule has 1 aromatic rings. The Hall–Kier alpha value is -2.04. The minimum Gasteiger partial charge on any atom is -0.453 e. The largest absolute Gasteiger partial charge is 0.453 e.